The minimum absolute atomic E-state index is 0.698. The van der Waals surface area contributed by atoms with Gasteiger partial charge in [-0.05, 0) is 37.8 Å². The smallest absolute Gasteiger partial charge is 0.221 e. The number of hydrogen-bond acceptors (Lipinski definition) is 7. The molecule has 0 bridgehead atoms. The van der Waals surface area contributed by atoms with Gasteiger partial charge in [-0.3, -0.25) is 4.90 Å². The average Bonchev–Trinajstić information content (AvgIpc) is 3.41. The molecule has 4 aliphatic rings. The highest BCUT2D eigenvalue weighted by Crippen LogP contribution is 2.35. The molecule has 26 heavy (non-hydrogen) atoms. The number of nitrogens with zero attached hydrogens (tertiary/aromatic N) is 6. The van der Waals surface area contributed by atoms with E-state index < -0.39 is 0 Å². The fraction of sp³-hybridized carbons (Fsp3) is 0.444. The maximum Gasteiger partial charge on any atom is 0.221 e. The van der Waals surface area contributed by atoms with E-state index in [2.05, 4.69) is 20.3 Å². The molecule has 1 N–H and O–H groups in total. The third-order valence-corrected chi connectivity index (χ3v) is 5.57. The van der Waals surface area contributed by atoms with Gasteiger partial charge in [0.25, 0.3) is 0 Å². The maximum atomic E-state index is 6.45. The summed E-state index contributed by atoms with van der Waals surface area (Å²) in [6.45, 7) is 4.14. The second kappa shape index (κ2) is 6.39. The van der Waals surface area contributed by atoms with Crippen molar-refractivity contribution in [2.24, 2.45) is 10.1 Å². The monoisotopic (exact) mass is 371 g/mol. The topological polar surface area (TPSA) is 49.7 Å². The fourth-order valence-corrected chi connectivity index (χ4v) is 4.13. The summed E-state index contributed by atoms with van der Waals surface area (Å²) in [7, 11) is 0. The zero-order chi connectivity index (χ0) is 17.5. The van der Waals surface area contributed by atoms with Crippen LogP contribution in [0.5, 0.6) is 0 Å². The van der Waals surface area contributed by atoms with Crippen LogP contribution in [0.2, 0.25) is 5.02 Å². The number of guanidine groups is 1. The number of rotatable bonds is 2. The van der Waals surface area contributed by atoms with Gasteiger partial charge in [-0.2, -0.15) is 4.99 Å². The van der Waals surface area contributed by atoms with Gasteiger partial charge in [0.15, 0.2) is 5.82 Å². The Morgan fingerprint density at radius 1 is 0.923 bits per heavy atom. The molecule has 2 saturated heterocycles. The van der Waals surface area contributed by atoms with Crippen molar-refractivity contribution in [3.05, 3.63) is 40.9 Å². The third kappa shape index (κ3) is 2.58. The molecule has 0 aliphatic carbocycles. The first-order valence-corrected chi connectivity index (χ1v) is 9.66. The standard InChI is InChI=1S/C18H22ClN7/c19-14-7-1-2-8-15(14)25-13-20-26-17(25)16(23-9-3-4-10-23)21-18(22-26)24-11-5-6-12-24/h1-2,7-8,13H,3-6,9-12H2,(H,21,22). The maximum absolute atomic E-state index is 6.45. The van der Waals surface area contributed by atoms with Gasteiger partial charge in [0.1, 0.15) is 6.34 Å². The zero-order valence-corrected chi connectivity index (χ0v) is 15.4. The SMILES string of the molecule is Clc1ccccc1N1C=NN2NC(N3CCCC3)=NC(N3CCCC3)=C21. The van der Waals surface area contributed by atoms with Crippen molar-refractivity contribution < 1.29 is 0 Å². The molecule has 1 aromatic carbocycles. The lowest BCUT2D eigenvalue weighted by Crippen LogP contribution is -2.51. The van der Waals surface area contributed by atoms with Crippen LogP contribution in [0, 0.1) is 0 Å². The van der Waals surface area contributed by atoms with Crippen molar-refractivity contribution in [3.63, 3.8) is 0 Å². The quantitative estimate of drug-likeness (QED) is 0.866. The Morgan fingerprint density at radius 2 is 1.62 bits per heavy atom. The summed E-state index contributed by atoms with van der Waals surface area (Å²) in [5, 5.41) is 7.10. The lowest BCUT2D eigenvalue weighted by Gasteiger charge is -2.35. The minimum Gasteiger partial charge on any atom is -0.353 e. The Kier molecular flexibility index (Phi) is 3.89. The first-order valence-electron chi connectivity index (χ1n) is 9.29. The minimum atomic E-state index is 0.698. The Bertz CT molecular complexity index is 790. The molecule has 7 nitrogen and oxygen atoms in total. The van der Waals surface area contributed by atoms with Crippen LogP contribution in [-0.4, -0.2) is 53.4 Å². The van der Waals surface area contributed by atoms with E-state index in [0.717, 1.165) is 49.5 Å². The van der Waals surface area contributed by atoms with Crippen molar-refractivity contribution in [2.75, 3.05) is 31.1 Å². The zero-order valence-electron chi connectivity index (χ0n) is 14.6. The molecule has 0 saturated carbocycles. The summed E-state index contributed by atoms with van der Waals surface area (Å²) in [6, 6.07) is 7.84. The van der Waals surface area contributed by atoms with Crippen molar-refractivity contribution in [3.8, 4) is 0 Å². The first-order chi connectivity index (χ1) is 12.8. The number of hydrazone groups is 1. The van der Waals surface area contributed by atoms with Gasteiger partial charge in [0, 0.05) is 26.2 Å². The number of anilines is 1. The molecular formula is C18H22ClN7. The van der Waals surface area contributed by atoms with E-state index in [9.17, 15) is 0 Å². The Hall–Kier alpha value is -2.41. The molecule has 0 unspecified atom stereocenters. The van der Waals surface area contributed by atoms with E-state index in [1.54, 1.807) is 0 Å². The average molecular weight is 372 g/mol. The van der Waals surface area contributed by atoms with Crippen LogP contribution in [0.3, 0.4) is 0 Å². The Morgan fingerprint density at radius 3 is 2.35 bits per heavy atom. The van der Waals surface area contributed by atoms with Gasteiger partial charge in [-0.1, -0.05) is 23.7 Å². The van der Waals surface area contributed by atoms with Gasteiger partial charge in [0.05, 0.1) is 10.7 Å². The summed E-state index contributed by atoms with van der Waals surface area (Å²) in [5.41, 5.74) is 4.28. The van der Waals surface area contributed by atoms with Crippen LogP contribution in [0.25, 0.3) is 0 Å². The van der Waals surface area contributed by atoms with E-state index in [0.29, 0.717) is 5.02 Å². The number of fused-ring (bicyclic) bond motifs is 1. The molecule has 0 amide bonds. The van der Waals surface area contributed by atoms with Crippen LogP contribution < -0.4 is 10.3 Å². The van der Waals surface area contributed by atoms with Gasteiger partial charge in [-0.25, -0.2) is 5.43 Å². The number of hydrogen-bond donors (Lipinski definition) is 1. The van der Waals surface area contributed by atoms with E-state index in [1.807, 2.05) is 40.6 Å². The molecule has 4 aliphatic heterocycles. The Labute approximate surface area is 158 Å². The summed E-state index contributed by atoms with van der Waals surface area (Å²) in [4.78, 5) is 11.7. The molecule has 136 valence electrons. The van der Waals surface area contributed by atoms with E-state index >= 15 is 0 Å². The van der Waals surface area contributed by atoms with Crippen LogP contribution in [0.1, 0.15) is 25.7 Å². The summed E-state index contributed by atoms with van der Waals surface area (Å²) in [6.07, 6.45) is 6.64. The molecule has 5 rings (SSSR count). The highest BCUT2D eigenvalue weighted by molar-refractivity contribution is 6.33. The van der Waals surface area contributed by atoms with Crippen LogP contribution >= 0.6 is 11.6 Å². The van der Waals surface area contributed by atoms with Gasteiger partial charge in [-0.15, -0.1) is 10.2 Å². The van der Waals surface area contributed by atoms with Crippen molar-refractivity contribution in [1.29, 1.82) is 0 Å². The predicted octanol–water partition coefficient (Wildman–Crippen LogP) is 2.60. The molecule has 4 heterocycles. The molecule has 2 fully saturated rings. The van der Waals surface area contributed by atoms with E-state index in [1.165, 1.54) is 25.7 Å². The second-order valence-electron chi connectivity index (χ2n) is 6.95. The lowest BCUT2D eigenvalue weighted by atomic mass is 10.3. The van der Waals surface area contributed by atoms with E-state index in [4.69, 9.17) is 16.6 Å². The van der Waals surface area contributed by atoms with Crippen LogP contribution in [0.4, 0.5) is 5.69 Å². The summed E-state index contributed by atoms with van der Waals surface area (Å²) in [5.74, 6) is 2.79. The third-order valence-electron chi connectivity index (χ3n) is 5.25. The largest absolute Gasteiger partial charge is 0.353 e. The van der Waals surface area contributed by atoms with E-state index in [-0.39, 0.29) is 0 Å². The number of hydrazine groups is 1. The molecule has 0 aromatic heterocycles. The number of nitrogens with one attached hydrogen (secondary N) is 1. The lowest BCUT2D eigenvalue weighted by molar-refractivity contribution is 0.272. The van der Waals surface area contributed by atoms with Crippen molar-refractivity contribution in [1.82, 2.24) is 20.3 Å². The highest BCUT2D eigenvalue weighted by Gasteiger charge is 2.36. The summed E-state index contributed by atoms with van der Waals surface area (Å²) < 4.78 is 0. The second-order valence-corrected chi connectivity index (χ2v) is 7.35. The molecule has 0 atom stereocenters. The predicted molar refractivity (Wildman–Crippen MR) is 103 cm³/mol. The number of likely N-dealkylation sites (tertiary alicyclic amines) is 2. The Balaban J connectivity index is 1.59. The molecule has 1 aromatic rings. The number of para-hydroxylation sites is 1. The number of benzene rings is 1. The van der Waals surface area contributed by atoms with Crippen molar-refractivity contribution in [2.45, 2.75) is 25.7 Å². The molecule has 0 radical (unpaired) electrons. The van der Waals surface area contributed by atoms with Gasteiger partial charge < -0.3 is 9.80 Å². The van der Waals surface area contributed by atoms with Crippen LogP contribution in [-0.2, 0) is 0 Å². The fourth-order valence-electron chi connectivity index (χ4n) is 3.90. The number of halogens is 1. The summed E-state index contributed by atoms with van der Waals surface area (Å²) >= 11 is 6.45. The molecule has 0 spiro atoms. The normalized spacial score (nSPS) is 22.3. The van der Waals surface area contributed by atoms with Crippen LogP contribution in [0.15, 0.2) is 46.0 Å². The molecule has 8 heteroatoms. The number of aliphatic imine (C=N–C) groups is 1. The first kappa shape index (κ1) is 15.8. The molecular weight excluding hydrogens is 350 g/mol. The highest BCUT2D eigenvalue weighted by atomic mass is 35.5. The van der Waals surface area contributed by atoms with Crippen molar-refractivity contribution >= 4 is 29.6 Å². The van der Waals surface area contributed by atoms with Gasteiger partial charge >= 0.3 is 0 Å². The van der Waals surface area contributed by atoms with Gasteiger partial charge in [0.2, 0.25) is 11.8 Å².